The molecule has 0 atom stereocenters. The number of rotatable bonds is 19. The Morgan fingerprint density at radius 3 is 1.19 bits per heavy atom. The maximum absolute atomic E-state index is 11.7. The van der Waals surface area contributed by atoms with Crippen LogP contribution in [0.4, 0.5) is 0 Å². The van der Waals surface area contributed by atoms with Crippen molar-refractivity contribution in [3.8, 4) is 0 Å². The van der Waals surface area contributed by atoms with E-state index in [1.165, 1.54) is 103 Å². The molecule has 0 fully saturated rings. The highest BCUT2D eigenvalue weighted by molar-refractivity contribution is 5.74. The van der Waals surface area contributed by atoms with Crippen molar-refractivity contribution in [3.63, 3.8) is 0 Å². The first kappa shape index (κ1) is 25.4. The molecule has 0 saturated carbocycles. The van der Waals surface area contributed by atoms with E-state index in [-0.39, 0.29) is 5.91 Å². The Morgan fingerprint density at radius 1 is 0.577 bits per heavy atom. The van der Waals surface area contributed by atoms with Gasteiger partial charge >= 0.3 is 0 Å². The fourth-order valence-corrected chi connectivity index (χ4v) is 3.44. The molecule has 0 aromatic heterocycles. The summed E-state index contributed by atoms with van der Waals surface area (Å²) in [7, 11) is 5.94. The number of hydrogen-bond acceptors (Lipinski definition) is 1. The van der Waals surface area contributed by atoms with Crippen LogP contribution in [-0.2, 0) is 4.79 Å². The van der Waals surface area contributed by atoms with Gasteiger partial charge < -0.3 is 0 Å². The first-order valence-electron chi connectivity index (χ1n) is 11.6. The van der Waals surface area contributed by atoms with Crippen molar-refractivity contribution in [1.29, 1.82) is 0 Å². The van der Waals surface area contributed by atoms with Gasteiger partial charge in [0, 0.05) is 6.42 Å². The molecule has 0 aromatic rings. The van der Waals surface area contributed by atoms with Crippen molar-refractivity contribution >= 4 is 5.91 Å². The van der Waals surface area contributed by atoms with Gasteiger partial charge in [0.1, 0.15) is 0 Å². The predicted molar refractivity (Wildman–Crippen MR) is 115 cm³/mol. The Morgan fingerprint density at radius 2 is 0.885 bits per heavy atom. The van der Waals surface area contributed by atoms with Gasteiger partial charge in [-0.2, -0.15) is 0 Å². The van der Waals surface area contributed by atoms with Gasteiger partial charge in [0.2, 0.25) is 0 Å². The van der Waals surface area contributed by atoms with Crippen LogP contribution in [0.5, 0.6) is 0 Å². The van der Waals surface area contributed by atoms with Gasteiger partial charge in [0.15, 0.2) is 0 Å². The molecule has 1 amide bonds. The van der Waals surface area contributed by atoms with E-state index in [0.717, 1.165) is 6.42 Å². The second-order valence-corrected chi connectivity index (χ2v) is 8.95. The number of nitrogens with zero attached hydrogens (tertiary/aromatic N) is 1. The van der Waals surface area contributed by atoms with Crippen LogP contribution >= 0.6 is 0 Å². The molecule has 0 aliphatic carbocycles. The second kappa shape index (κ2) is 17.8. The summed E-state index contributed by atoms with van der Waals surface area (Å²) in [6, 6.07) is 0. The number of amides is 1. The van der Waals surface area contributed by atoms with Crippen LogP contribution in [0.15, 0.2) is 0 Å². The highest BCUT2D eigenvalue weighted by Gasteiger charge is 2.11. The minimum absolute atomic E-state index is 0.179. The molecule has 0 rings (SSSR count). The third kappa shape index (κ3) is 21.5. The van der Waals surface area contributed by atoms with Crippen LogP contribution in [-0.4, -0.2) is 31.6 Å². The lowest BCUT2D eigenvalue weighted by molar-refractivity contribution is -0.906. The van der Waals surface area contributed by atoms with Crippen LogP contribution in [0.3, 0.4) is 0 Å². The standard InChI is InChI=1S/C23H48N2O/c1-5-6-7-8-9-10-11-12-13-14-15-16-17-18-19-20-21-22-23(26)24-25(2,3)4/h5-22H2,1-4H3/p+1. The van der Waals surface area contributed by atoms with Crippen LogP contribution < -0.4 is 5.43 Å². The third-order valence-electron chi connectivity index (χ3n) is 4.97. The van der Waals surface area contributed by atoms with Gasteiger partial charge in [-0.25, -0.2) is 10.0 Å². The van der Waals surface area contributed by atoms with Gasteiger partial charge in [-0.1, -0.05) is 110 Å². The molecule has 0 aromatic carbocycles. The second-order valence-electron chi connectivity index (χ2n) is 8.95. The van der Waals surface area contributed by atoms with E-state index >= 15 is 0 Å². The van der Waals surface area contributed by atoms with Gasteiger partial charge in [-0.15, -0.1) is 0 Å². The monoisotopic (exact) mass is 369 g/mol. The number of unbranched alkanes of at least 4 members (excludes halogenated alkanes) is 16. The molecule has 0 aliphatic heterocycles. The largest absolute Gasteiger partial charge is 0.270 e. The van der Waals surface area contributed by atoms with E-state index in [2.05, 4.69) is 12.3 Å². The van der Waals surface area contributed by atoms with Crippen molar-refractivity contribution in [2.24, 2.45) is 0 Å². The number of nitrogens with one attached hydrogen (secondary N) is 1. The molecule has 0 bridgehead atoms. The molecular weight excluding hydrogens is 320 g/mol. The first-order chi connectivity index (χ1) is 12.5. The van der Waals surface area contributed by atoms with Gasteiger partial charge in [0.05, 0.1) is 21.1 Å². The number of carbonyl (C=O) groups excluding carboxylic acids is 1. The van der Waals surface area contributed by atoms with E-state index in [4.69, 9.17) is 0 Å². The van der Waals surface area contributed by atoms with E-state index in [1.807, 2.05) is 21.1 Å². The van der Waals surface area contributed by atoms with Gasteiger partial charge in [-0.3, -0.25) is 4.79 Å². The molecular formula is C23H49N2O+. The Kier molecular flexibility index (Phi) is 17.4. The number of quaternary nitrogens is 1. The van der Waals surface area contributed by atoms with Crippen LogP contribution in [0.2, 0.25) is 0 Å². The zero-order chi connectivity index (χ0) is 19.5. The Labute approximate surface area is 164 Å². The van der Waals surface area contributed by atoms with E-state index < -0.39 is 0 Å². The maximum Gasteiger partial charge on any atom is 0.264 e. The van der Waals surface area contributed by atoms with Gasteiger partial charge in [0.25, 0.3) is 5.91 Å². The molecule has 0 unspecified atom stereocenters. The molecule has 0 radical (unpaired) electrons. The fraction of sp³-hybridized carbons (Fsp3) is 0.957. The highest BCUT2D eigenvalue weighted by Crippen LogP contribution is 2.14. The van der Waals surface area contributed by atoms with Crippen molar-refractivity contribution in [3.05, 3.63) is 0 Å². The summed E-state index contributed by atoms with van der Waals surface area (Å²) in [5.74, 6) is 0.179. The lowest BCUT2D eigenvalue weighted by Crippen LogP contribution is -2.51. The summed E-state index contributed by atoms with van der Waals surface area (Å²) < 4.78 is 0.512. The van der Waals surface area contributed by atoms with Gasteiger partial charge in [-0.05, 0) is 6.42 Å². The van der Waals surface area contributed by atoms with E-state index in [1.54, 1.807) is 0 Å². The minimum Gasteiger partial charge on any atom is -0.270 e. The molecule has 156 valence electrons. The Bertz CT molecular complexity index is 310. The Balaban J connectivity index is 3.12. The van der Waals surface area contributed by atoms with Crippen molar-refractivity contribution < 1.29 is 9.39 Å². The molecule has 0 saturated heterocycles. The molecule has 0 aliphatic rings. The van der Waals surface area contributed by atoms with Crippen molar-refractivity contribution in [2.75, 3.05) is 21.1 Å². The topological polar surface area (TPSA) is 29.1 Å². The summed E-state index contributed by atoms with van der Waals surface area (Å²) in [5.41, 5.74) is 2.97. The zero-order valence-corrected chi connectivity index (χ0v) is 18.6. The first-order valence-corrected chi connectivity index (χ1v) is 11.6. The fourth-order valence-electron chi connectivity index (χ4n) is 3.44. The lowest BCUT2D eigenvalue weighted by Gasteiger charge is -2.23. The summed E-state index contributed by atoms with van der Waals surface area (Å²) >= 11 is 0. The molecule has 26 heavy (non-hydrogen) atoms. The van der Waals surface area contributed by atoms with E-state index in [9.17, 15) is 4.79 Å². The van der Waals surface area contributed by atoms with Crippen molar-refractivity contribution in [1.82, 2.24) is 5.43 Å². The normalized spacial score (nSPS) is 11.7. The summed E-state index contributed by atoms with van der Waals surface area (Å²) in [5, 5.41) is 0. The van der Waals surface area contributed by atoms with Crippen LogP contribution in [0.25, 0.3) is 0 Å². The summed E-state index contributed by atoms with van der Waals surface area (Å²) in [6.07, 6.45) is 24.1. The quantitative estimate of drug-likeness (QED) is 0.152. The molecule has 3 heteroatoms. The molecule has 1 N–H and O–H groups in total. The molecule has 3 nitrogen and oxygen atoms in total. The van der Waals surface area contributed by atoms with Crippen LogP contribution in [0, 0.1) is 0 Å². The van der Waals surface area contributed by atoms with Crippen molar-refractivity contribution in [2.45, 2.75) is 122 Å². The van der Waals surface area contributed by atoms with E-state index in [0.29, 0.717) is 11.0 Å². The highest BCUT2D eigenvalue weighted by atomic mass is 16.2. The zero-order valence-electron chi connectivity index (χ0n) is 18.6. The average Bonchev–Trinajstić information content (AvgIpc) is 2.56. The number of hydrogen-bond donors (Lipinski definition) is 1. The Hall–Kier alpha value is -0.570. The molecule has 0 heterocycles. The number of carbonyl (C=O) groups is 1. The SMILES string of the molecule is CCCCCCCCCCCCCCCCCCCC(=O)N[N+](C)(C)C. The average molecular weight is 370 g/mol. The predicted octanol–water partition coefficient (Wildman–Crippen LogP) is 6.77. The third-order valence-corrected chi connectivity index (χ3v) is 4.97. The smallest absolute Gasteiger partial charge is 0.264 e. The summed E-state index contributed by atoms with van der Waals surface area (Å²) in [4.78, 5) is 11.7. The van der Waals surface area contributed by atoms with Crippen LogP contribution in [0.1, 0.15) is 122 Å². The minimum atomic E-state index is 0.179. The lowest BCUT2D eigenvalue weighted by atomic mass is 10.0. The maximum atomic E-state index is 11.7. The summed E-state index contributed by atoms with van der Waals surface area (Å²) in [6.45, 7) is 2.29. The molecule has 0 spiro atoms.